The largest absolute Gasteiger partial charge is 0.497 e. The lowest BCUT2D eigenvalue weighted by atomic mass is 10.1. The minimum Gasteiger partial charge on any atom is -0.497 e. The molecule has 2 aromatic carbocycles. The summed E-state index contributed by atoms with van der Waals surface area (Å²) in [5.74, 6) is 0.830. The highest BCUT2D eigenvalue weighted by Crippen LogP contribution is 2.26. The lowest BCUT2D eigenvalue weighted by molar-refractivity contribution is -0.122. The van der Waals surface area contributed by atoms with Gasteiger partial charge >= 0.3 is 0 Å². The van der Waals surface area contributed by atoms with Gasteiger partial charge in [0, 0.05) is 5.56 Å². The maximum atomic E-state index is 12.8. The summed E-state index contributed by atoms with van der Waals surface area (Å²) in [7, 11) is -0.601. The summed E-state index contributed by atoms with van der Waals surface area (Å²) in [6.45, 7) is 3.37. The summed E-state index contributed by atoms with van der Waals surface area (Å²) >= 11 is 0. The Morgan fingerprint density at radius 3 is 2.14 bits per heavy atom. The van der Waals surface area contributed by atoms with Gasteiger partial charge in [0.2, 0.25) is 15.9 Å². The number of methoxy groups -OCH3 is 2. The molecular weight excluding hydrogens is 380 g/mol. The number of sulfonamides is 1. The minimum atomic E-state index is -3.69. The molecule has 0 radical (unpaired) electrons. The van der Waals surface area contributed by atoms with Crippen LogP contribution in [0.25, 0.3) is 0 Å². The predicted octanol–water partition coefficient (Wildman–Crippen LogP) is 2.74. The van der Waals surface area contributed by atoms with E-state index < -0.39 is 22.0 Å². The predicted molar refractivity (Wildman–Crippen MR) is 109 cm³/mol. The fraction of sp³-hybridized carbons (Fsp3) is 0.350. The third-order valence-corrected chi connectivity index (χ3v) is 5.62. The second-order valence-corrected chi connectivity index (χ2v) is 8.26. The molecule has 0 aromatic heterocycles. The Morgan fingerprint density at radius 1 is 1.00 bits per heavy atom. The van der Waals surface area contributed by atoms with Gasteiger partial charge in [0.1, 0.15) is 17.5 Å². The zero-order valence-corrected chi connectivity index (χ0v) is 17.5. The van der Waals surface area contributed by atoms with Crippen LogP contribution in [-0.2, 0) is 14.8 Å². The van der Waals surface area contributed by atoms with Gasteiger partial charge in [0.25, 0.3) is 0 Å². The van der Waals surface area contributed by atoms with E-state index in [0.29, 0.717) is 17.2 Å². The van der Waals surface area contributed by atoms with Crippen LogP contribution >= 0.6 is 0 Å². The molecule has 0 fully saturated rings. The van der Waals surface area contributed by atoms with Gasteiger partial charge in [-0.3, -0.25) is 9.10 Å². The standard InChI is InChI=1S/C20H26N2O5S/c1-14(18-8-6-7-9-19(18)27-4)21-20(23)15(2)22(28(5,24)25)16-10-12-17(26-3)13-11-16/h6-15H,1-5H3,(H,21,23). The average Bonchev–Trinajstić information content (AvgIpc) is 2.67. The number of carbonyl (C=O) groups excluding carboxylic acids is 1. The van der Waals surface area contributed by atoms with Crippen LogP contribution in [0.1, 0.15) is 25.5 Å². The van der Waals surface area contributed by atoms with Crippen molar-refractivity contribution in [3.8, 4) is 11.5 Å². The number of carbonyl (C=O) groups is 1. The first-order valence-electron chi connectivity index (χ1n) is 8.75. The van der Waals surface area contributed by atoms with Crippen LogP contribution in [0, 0.1) is 0 Å². The summed E-state index contributed by atoms with van der Waals surface area (Å²) in [5, 5.41) is 2.87. The molecule has 0 heterocycles. The van der Waals surface area contributed by atoms with Crippen LogP contribution in [0.15, 0.2) is 48.5 Å². The van der Waals surface area contributed by atoms with Crippen LogP contribution in [0.2, 0.25) is 0 Å². The van der Waals surface area contributed by atoms with Crippen LogP contribution in [0.5, 0.6) is 11.5 Å². The molecule has 28 heavy (non-hydrogen) atoms. The number of nitrogens with zero attached hydrogens (tertiary/aromatic N) is 1. The minimum absolute atomic E-state index is 0.358. The number of nitrogens with one attached hydrogen (secondary N) is 1. The van der Waals surface area contributed by atoms with E-state index >= 15 is 0 Å². The molecule has 0 aliphatic heterocycles. The summed E-state index contributed by atoms with van der Waals surface area (Å²) in [6.07, 6.45) is 1.07. The molecule has 152 valence electrons. The summed E-state index contributed by atoms with van der Waals surface area (Å²) in [4.78, 5) is 12.8. The van der Waals surface area contributed by atoms with Crippen molar-refractivity contribution in [2.45, 2.75) is 25.9 Å². The molecule has 1 N–H and O–H groups in total. The Balaban J connectivity index is 2.26. The van der Waals surface area contributed by atoms with Gasteiger partial charge in [-0.25, -0.2) is 8.42 Å². The monoisotopic (exact) mass is 406 g/mol. The number of benzene rings is 2. The number of amides is 1. The fourth-order valence-corrected chi connectivity index (χ4v) is 4.15. The van der Waals surface area contributed by atoms with Crippen LogP contribution in [-0.4, -0.2) is 40.8 Å². The Morgan fingerprint density at radius 2 is 1.61 bits per heavy atom. The molecule has 2 rings (SSSR count). The lowest BCUT2D eigenvalue weighted by Gasteiger charge is -2.29. The van der Waals surface area contributed by atoms with Crippen molar-refractivity contribution in [3.63, 3.8) is 0 Å². The van der Waals surface area contributed by atoms with Gasteiger partial charge < -0.3 is 14.8 Å². The van der Waals surface area contributed by atoms with Gasteiger partial charge in [-0.05, 0) is 44.2 Å². The van der Waals surface area contributed by atoms with E-state index in [4.69, 9.17) is 9.47 Å². The highest BCUT2D eigenvalue weighted by molar-refractivity contribution is 7.92. The summed E-state index contributed by atoms with van der Waals surface area (Å²) in [6, 6.07) is 12.6. The Kier molecular flexibility index (Phi) is 6.90. The van der Waals surface area contributed by atoms with Gasteiger partial charge in [0.15, 0.2) is 0 Å². The molecule has 1 amide bonds. The van der Waals surface area contributed by atoms with Gasteiger partial charge in [-0.2, -0.15) is 0 Å². The molecule has 0 bridgehead atoms. The van der Waals surface area contributed by atoms with Crippen molar-refractivity contribution < 1.29 is 22.7 Å². The maximum absolute atomic E-state index is 12.8. The van der Waals surface area contributed by atoms with Crippen LogP contribution < -0.4 is 19.1 Å². The molecule has 0 saturated carbocycles. The van der Waals surface area contributed by atoms with E-state index in [0.717, 1.165) is 16.1 Å². The Hall–Kier alpha value is -2.74. The molecule has 0 aliphatic rings. The zero-order valence-electron chi connectivity index (χ0n) is 16.7. The Labute approximate surface area is 166 Å². The topological polar surface area (TPSA) is 84.9 Å². The SMILES string of the molecule is COc1ccc(N(C(C)C(=O)NC(C)c2ccccc2OC)S(C)(=O)=O)cc1. The fourth-order valence-electron chi connectivity index (χ4n) is 2.97. The number of ether oxygens (including phenoxy) is 2. The molecule has 2 unspecified atom stereocenters. The first-order valence-corrected chi connectivity index (χ1v) is 10.6. The first-order chi connectivity index (χ1) is 13.2. The van der Waals surface area contributed by atoms with Crippen molar-refractivity contribution in [2.75, 3.05) is 24.8 Å². The third-order valence-electron chi connectivity index (χ3n) is 4.38. The highest BCUT2D eigenvalue weighted by Gasteiger charge is 2.30. The smallest absolute Gasteiger partial charge is 0.244 e. The number of para-hydroxylation sites is 1. The van der Waals surface area contributed by atoms with Crippen LogP contribution in [0.3, 0.4) is 0 Å². The van der Waals surface area contributed by atoms with Crippen molar-refractivity contribution in [1.29, 1.82) is 0 Å². The quantitative estimate of drug-likeness (QED) is 0.729. The molecule has 0 spiro atoms. The second-order valence-electron chi connectivity index (χ2n) is 6.41. The second kappa shape index (κ2) is 8.97. The van der Waals surface area contributed by atoms with E-state index in [1.165, 1.54) is 7.11 Å². The van der Waals surface area contributed by atoms with E-state index in [-0.39, 0.29) is 6.04 Å². The molecule has 2 atom stereocenters. The molecule has 2 aromatic rings. The van der Waals surface area contributed by atoms with E-state index in [1.54, 1.807) is 38.3 Å². The average molecular weight is 407 g/mol. The number of anilines is 1. The maximum Gasteiger partial charge on any atom is 0.244 e. The molecule has 0 aliphatic carbocycles. The van der Waals surface area contributed by atoms with Crippen molar-refractivity contribution in [1.82, 2.24) is 5.32 Å². The van der Waals surface area contributed by atoms with E-state index in [1.807, 2.05) is 31.2 Å². The Bertz CT molecular complexity index is 912. The van der Waals surface area contributed by atoms with E-state index in [2.05, 4.69) is 5.32 Å². The van der Waals surface area contributed by atoms with Gasteiger partial charge in [-0.1, -0.05) is 18.2 Å². The molecule has 7 nitrogen and oxygen atoms in total. The highest BCUT2D eigenvalue weighted by atomic mass is 32.2. The third kappa shape index (κ3) is 4.95. The zero-order chi connectivity index (χ0) is 20.9. The lowest BCUT2D eigenvalue weighted by Crippen LogP contribution is -2.48. The summed E-state index contributed by atoms with van der Waals surface area (Å²) < 4.78 is 36.3. The number of hydrogen-bond donors (Lipinski definition) is 1. The normalized spacial score (nSPS) is 13.3. The number of rotatable bonds is 8. The van der Waals surface area contributed by atoms with Crippen LogP contribution in [0.4, 0.5) is 5.69 Å². The molecule has 0 saturated heterocycles. The van der Waals surface area contributed by atoms with Crippen molar-refractivity contribution in [2.24, 2.45) is 0 Å². The van der Waals surface area contributed by atoms with E-state index in [9.17, 15) is 13.2 Å². The molecular formula is C20H26N2O5S. The number of hydrogen-bond acceptors (Lipinski definition) is 5. The van der Waals surface area contributed by atoms with Gasteiger partial charge in [0.05, 0.1) is 32.2 Å². The van der Waals surface area contributed by atoms with Crippen molar-refractivity contribution >= 4 is 21.6 Å². The first kappa shape index (κ1) is 21.6. The molecule has 8 heteroatoms. The van der Waals surface area contributed by atoms with Crippen molar-refractivity contribution in [3.05, 3.63) is 54.1 Å². The van der Waals surface area contributed by atoms with Gasteiger partial charge in [-0.15, -0.1) is 0 Å². The summed E-state index contributed by atoms with van der Waals surface area (Å²) in [5.41, 5.74) is 1.19.